The molecule has 0 aromatic rings. The van der Waals surface area contributed by atoms with Gasteiger partial charge in [0.25, 0.3) is 0 Å². The van der Waals surface area contributed by atoms with Crippen LogP contribution in [0.5, 0.6) is 0 Å². The Labute approximate surface area is 42.0 Å². The van der Waals surface area contributed by atoms with Gasteiger partial charge < -0.3 is 4.90 Å². The largest absolute Gasteiger partial charge is 0.360 e. The van der Waals surface area contributed by atoms with Crippen LogP contribution in [0.15, 0.2) is 11.6 Å². The fourth-order valence-corrected chi connectivity index (χ4v) is 0.797. The third-order valence-corrected chi connectivity index (χ3v) is 1.20. The van der Waals surface area contributed by atoms with Crippen molar-refractivity contribution in [2.24, 2.45) is 0 Å². The smallest absolute Gasteiger partial charge is 0.163 e. The molecule has 0 fully saturated rings. The molecule has 32 valence electrons. The molecule has 1 heterocycles. The molecule has 2 heteroatoms. The molecule has 0 aromatic carbocycles. The third kappa shape index (κ3) is 0.684. The maximum atomic E-state index is 2.96. The zero-order chi connectivity index (χ0) is 4.41. The van der Waals surface area contributed by atoms with E-state index in [4.69, 9.17) is 0 Å². The van der Waals surface area contributed by atoms with Crippen LogP contribution in [0.25, 0.3) is 0 Å². The maximum absolute atomic E-state index is 2.96. The van der Waals surface area contributed by atoms with Gasteiger partial charge in [-0.15, -0.1) is 0 Å². The lowest BCUT2D eigenvalue weighted by atomic mass is 10.9. The van der Waals surface area contributed by atoms with Gasteiger partial charge in [-0.05, 0) is 5.41 Å². The van der Waals surface area contributed by atoms with Gasteiger partial charge in [-0.25, -0.2) is 0 Å². The van der Waals surface area contributed by atoms with Gasteiger partial charge in [0.05, 0.1) is 0 Å². The predicted molar refractivity (Wildman–Crippen MR) is 27.7 cm³/mol. The molecule has 2 radical (unpaired) electrons. The number of thioether (sulfide) groups is 1. The van der Waals surface area contributed by atoms with Crippen LogP contribution < -0.4 is 0 Å². The lowest BCUT2D eigenvalue weighted by molar-refractivity contribution is 0.613. The summed E-state index contributed by atoms with van der Waals surface area (Å²) in [6, 6.07) is 0. The van der Waals surface area contributed by atoms with Gasteiger partial charge in [-0.3, -0.25) is 0 Å². The van der Waals surface area contributed by atoms with Gasteiger partial charge in [-0.1, -0.05) is 11.8 Å². The number of hydrogen-bond acceptors (Lipinski definition) is 2. The Hall–Kier alpha value is -0.110. The van der Waals surface area contributed by atoms with Crippen molar-refractivity contribution >= 4 is 11.8 Å². The molecule has 0 saturated heterocycles. The first kappa shape index (κ1) is 4.06. The number of nitrogens with zero attached hydrogens (tertiary/aromatic N) is 1. The van der Waals surface area contributed by atoms with E-state index in [0.29, 0.717) is 0 Å². The van der Waals surface area contributed by atoms with Gasteiger partial charge in [0.2, 0.25) is 0 Å². The molecule has 1 aliphatic heterocycles. The molecule has 1 aliphatic rings. The van der Waals surface area contributed by atoms with Crippen molar-refractivity contribution < 1.29 is 0 Å². The lowest BCUT2D eigenvalue weighted by Gasteiger charge is -1.98. The Morgan fingerprint density at radius 2 is 2.67 bits per heavy atom. The molecule has 1 rings (SSSR count). The van der Waals surface area contributed by atoms with Crippen LogP contribution in [-0.2, 0) is 0 Å². The summed E-state index contributed by atoms with van der Waals surface area (Å²) < 4.78 is 0. The zero-order valence-corrected chi connectivity index (χ0v) is 4.33. The minimum Gasteiger partial charge on any atom is -0.360 e. The summed E-state index contributed by atoms with van der Waals surface area (Å²) in [5, 5.41) is 1.99. The van der Waals surface area contributed by atoms with Gasteiger partial charge in [-0.2, -0.15) is 0 Å². The summed E-state index contributed by atoms with van der Waals surface area (Å²) in [5.74, 6) is 2.96. The summed E-state index contributed by atoms with van der Waals surface area (Å²) in [6.07, 6.45) is 1.96. The third-order valence-electron chi connectivity index (χ3n) is 0.549. The highest BCUT2D eigenvalue weighted by atomic mass is 32.2. The Morgan fingerprint density at radius 1 is 1.83 bits per heavy atom. The van der Waals surface area contributed by atoms with Crippen molar-refractivity contribution in [1.29, 1.82) is 0 Å². The Kier molecular flexibility index (Phi) is 1.05. The maximum Gasteiger partial charge on any atom is 0.163 e. The minimum atomic E-state index is 1.58. The molecular formula is C4H5NS. The summed E-state index contributed by atoms with van der Waals surface area (Å²) in [6.45, 7) is 0. The van der Waals surface area contributed by atoms with Crippen LogP contribution in [0, 0.1) is 5.88 Å². The van der Waals surface area contributed by atoms with E-state index in [1.807, 2.05) is 23.6 Å². The number of hydrogen-bond donors (Lipinski definition) is 0. The van der Waals surface area contributed by atoms with Crippen molar-refractivity contribution in [3.63, 3.8) is 0 Å². The molecule has 6 heavy (non-hydrogen) atoms. The van der Waals surface area contributed by atoms with E-state index in [0.717, 1.165) is 0 Å². The first-order valence-electron chi connectivity index (χ1n) is 1.70. The van der Waals surface area contributed by atoms with E-state index < -0.39 is 0 Å². The van der Waals surface area contributed by atoms with Crippen LogP contribution in [0.3, 0.4) is 0 Å². The van der Waals surface area contributed by atoms with Crippen molar-refractivity contribution in [3.05, 3.63) is 17.5 Å². The molecule has 0 saturated carbocycles. The van der Waals surface area contributed by atoms with Crippen LogP contribution in [0.1, 0.15) is 0 Å². The Morgan fingerprint density at radius 3 is 2.83 bits per heavy atom. The van der Waals surface area contributed by atoms with Crippen molar-refractivity contribution in [1.82, 2.24) is 4.90 Å². The first-order valence-corrected chi connectivity index (χ1v) is 2.58. The molecule has 0 aliphatic carbocycles. The molecule has 0 bridgehead atoms. The van der Waals surface area contributed by atoms with Crippen molar-refractivity contribution in [2.75, 3.05) is 7.05 Å². The van der Waals surface area contributed by atoms with Crippen molar-refractivity contribution in [2.45, 2.75) is 0 Å². The molecule has 0 N–H and O–H groups in total. The van der Waals surface area contributed by atoms with E-state index in [2.05, 4.69) is 5.88 Å². The van der Waals surface area contributed by atoms with E-state index in [9.17, 15) is 0 Å². The lowest BCUT2D eigenvalue weighted by Crippen LogP contribution is -1.96. The Balaban J connectivity index is 2.38. The summed E-state index contributed by atoms with van der Waals surface area (Å²) in [7, 11) is 1.95. The van der Waals surface area contributed by atoms with Crippen LogP contribution in [-0.4, -0.2) is 11.9 Å². The van der Waals surface area contributed by atoms with Crippen molar-refractivity contribution in [3.8, 4) is 0 Å². The second-order valence-electron chi connectivity index (χ2n) is 1.11. The summed E-state index contributed by atoms with van der Waals surface area (Å²) in [5.41, 5.74) is 0. The molecule has 0 spiro atoms. The van der Waals surface area contributed by atoms with Crippen LogP contribution in [0.4, 0.5) is 0 Å². The fourth-order valence-electron chi connectivity index (χ4n) is 0.266. The van der Waals surface area contributed by atoms with E-state index in [1.54, 1.807) is 11.8 Å². The van der Waals surface area contributed by atoms with Gasteiger partial charge in [0.15, 0.2) is 5.88 Å². The molecule has 0 atom stereocenters. The molecular weight excluding hydrogens is 94.1 g/mol. The van der Waals surface area contributed by atoms with Crippen LogP contribution in [0.2, 0.25) is 0 Å². The zero-order valence-electron chi connectivity index (χ0n) is 3.51. The Bertz CT molecular complexity index is 69.9. The average molecular weight is 99.2 g/mol. The van der Waals surface area contributed by atoms with E-state index in [1.165, 1.54) is 0 Å². The highest BCUT2D eigenvalue weighted by Crippen LogP contribution is 2.16. The van der Waals surface area contributed by atoms with Gasteiger partial charge in [0.1, 0.15) is 0 Å². The topological polar surface area (TPSA) is 3.24 Å². The quantitative estimate of drug-likeness (QED) is 0.448. The average Bonchev–Trinajstić information content (AvgIpc) is 1.86. The van der Waals surface area contributed by atoms with E-state index in [-0.39, 0.29) is 0 Å². The molecule has 0 aromatic heterocycles. The normalized spacial score (nSPS) is 19.8. The highest BCUT2D eigenvalue weighted by molar-refractivity contribution is 8.04. The summed E-state index contributed by atoms with van der Waals surface area (Å²) >= 11 is 1.58. The molecule has 0 unspecified atom stereocenters. The van der Waals surface area contributed by atoms with Crippen LogP contribution >= 0.6 is 11.8 Å². The first-order chi connectivity index (χ1) is 2.89. The van der Waals surface area contributed by atoms with Gasteiger partial charge in [0, 0.05) is 13.2 Å². The highest BCUT2D eigenvalue weighted by Gasteiger charge is 1.96. The second-order valence-corrected chi connectivity index (χ2v) is 1.80. The molecule has 1 nitrogen and oxygen atoms in total. The fraction of sp³-hybridized carbons (Fsp3) is 0.250. The monoisotopic (exact) mass is 99.0 g/mol. The number of rotatable bonds is 0. The predicted octanol–water partition coefficient (Wildman–Crippen LogP) is 1.13. The second kappa shape index (κ2) is 1.56. The standard InChI is InChI=1S/C4H5NS/c1-5-2-3-6-4-5/h2-3H,1H3. The SMILES string of the molecule is CN1[C]SC=C1. The molecule has 0 amide bonds. The van der Waals surface area contributed by atoms with E-state index >= 15 is 0 Å². The minimum absolute atomic E-state index is 1.58. The summed E-state index contributed by atoms with van der Waals surface area (Å²) in [4.78, 5) is 1.89. The van der Waals surface area contributed by atoms with Gasteiger partial charge >= 0.3 is 0 Å².